The molecule has 1 aliphatic heterocycles. The van der Waals surface area contributed by atoms with Gasteiger partial charge >= 0.3 is 0 Å². The van der Waals surface area contributed by atoms with Crippen LogP contribution in [0.25, 0.3) is 0 Å². The van der Waals surface area contributed by atoms with Gasteiger partial charge in [-0.05, 0) is 48.6 Å². The van der Waals surface area contributed by atoms with Crippen LogP contribution in [-0.2, 0) is 17.6 Å². The van der Waals surface area contributed by atoms with Crippen LogP contribution in [0, 0.1) is 0 Å². The zero-order valence-electron chi connectivity index (χ0n) is 14.6. The molecule has 0 aromatic heterocycles. The molecule has 0 fully saturated rings. The Labute approximate surface area is 148 Å². The van der Waals surface area contributed by atoms with E-state index in [-0.39, 0.29) is 11.8 Å². The molecule has 1 N–H and O–H groups in total. The highest BCUT2D eigenvalue weighted by Crippen LogP contribution is 2.29. The van der Waals surface area contributed by atoms with E-state index >= 15 is 0 Å². The van der Waals surface area contributed by atoms with Gasteiger partial charge < -0.3 is 10.2 Å². The molecule has 4 heteroatoms. The number of aryl methyl sites for hydroxylation is 1. The van der Waals surface area contributed by atoms with E-state index in [9.17, 15) is 9.59 Å². The summed E-state index contributed by atoms with van der Waals surface area (Å²) in [5.74, 6) is 0.0907. The standard InChI is InChI=1S/C21H24N2O2/c1-2-20(24)23-14-12-17-15-18(10-11-19(17)23)21(25)22-13-6-9-16-7-4-3-5-8-16/h3-5,7-8,10-11,15H,2,6,9,12-14H2,1H3,(H,22,25). The summed E-state index contributed by atoms with van der Waals surface area (Å²) in [4.78, 5) is 26.1. The van der Waals surface area contributed by atoms with Gasteiger partial charge in [-0.1, -0.05) is 37.3 Å². The van der Waals surface area contributed by atoms with E-state index in [1.54, 1.807) is 0 Å². The van der Waals surface area contributed by atoms with Crippen molar-refractivity contribution in [3.05, 3.63) is 65.2 Å². The number of carbonyl (C=O) groups excluding carboxylic acids is 2. The number of amides is 2. The monoisotopic (exact) mass is 336 g/mol. The SMILES string of the molecule is CCC(=O)N1CCc2cc(C(=O)NCCCc3ccccc3)ccc21. The van der Waals surface area contributed by atoms with Crippen LogP contribution in [-0.4, -0.2) is 24.9 Å². The third-order valence-corrected chi connectivity index (χ3v) is 4.61. The summed E-state index contributed by atoms with van der Waals surface area (Å²) in [5.41, 5.74) is 3.99. The number of rotatable bonds is 6. The van der Waals surface area contributed by atoms with Gasteiger partial charge in [0, 0.05) is 30.8 Å². The van der Waals surface area contributed by atoms with E-state index in [0.29, 0.717) is 25.1 Å². The molecule has 130 valence electrons. The molecule has 0 saturated heterocycles. The summed E-state index contributed by atoms with van der Waals surface area (Å²) in [5, 5.41) is 2.99. The lowest BCUT2D eigenvalue weighted by Gasteiger charge is -2.16. The fourth-order valence-electron chi connectivity index (χ4n) is 3.23. The van der Waals surface area contributed by atoms with E-state index in [1.165, 1.54) is 5.56 Å². The van der Waals surface area contributed by atoms with E-state index < -0.39 is 0 Å². The first-order valence-corrected chi connectivity index (χ1v) is 8.94. The Morgan fingerprint density at radius 2 is 1.92 bits per heavy atom. The third kappa shape index (κ3) is 4.08. The highest BCUT2D eigenvalue weighted by molar-refractivity contribution is 5.98. The Balaban J connectivity index is 1.54. The number of fused-ring (bicyclic) bond motifs is 1. The first kappa shape index (κ1) is 17.2. The van der Waals surface area contributed by atoms with Gasteiger partial charge in [-0.2, -0.15) is 0 Å². The highest BCUT2D eigenvalue weighted by Gasteiger charge is 2.24. The first-order chi connectivity index (χ1) is 12.2. The number of hydrogen-bond acceptors (Lipinski definition) is 2. The molecule has 0 unspecified atom stereocenters. The molecule has 4 nitrogen and oxygen atoms in total. The van der Waals surface area contributed by atoms with Crippen LogP contribution < -0.4 is 10.2 Å². The van der Waals surface area contributed by atoms with Gasteiger partial charge in [0.15, 0.2) is 0 Å². The molecule has 0 atom stereocenters. The second-order valence-corrected chi connectivity index (χ2v) is 6.34. The molecule has 2 amide bonds. The van der Waals surface area contributed by atoms with Crippen molar-refractivity contribution in [3.63, 3.8) is 0 Å². The van der Waals surface area contributed by atoms with Crippen molar-refractivity contribution < 1.29 is 9.59 Å². The minimum absolute atomic E-state index is 0.0453. The van der Waals surface area contributed by atoms with Gasteiger partial charge in [-0.15, -0.1) is 0 Å². The lowest BCUT2D eigenvalue weighted by Crippen LogP contribution is -2.28. The summed E-state index contributed by atoms with van der Waals surface area (Å²) in [6.07, 6.45) is 3.19. The fraction of sp³-hybridized carbons (Fsp3) is 0.333. The molecule has 25 heavy (non-hydrogen) atoms. The predicted molar refractivity (Wildman–Crippen MR) is 99.9 cm³/mol. The molecule has 1 heterocycles. The van der Waals surface area contributed by atoms with Crippen LogP contribution in [0.2, 0.25) is 0 Å². The first-order valence-electron chi connectivity index (χ1n) is 8.94. The van der Waals surface area contributed by atoms with E-state index in [0.717, 1.165) is 30.5 Å². The predicted octanol–water partition coefficient (Wildman–Crippen LogP) is 3.35. The number of benzene rings is 2. The number of hydrogen-bond donors (Lipinski definition) is 1. The highest BCUT2D eigenvalue weighted by atomic mass is 16.2. The second-order valence-electron chi connectivity index (χ2n) is 6.34. The molecule has 2 aromatic carbocycles. The lowest BCUT2D eigenvalue weighted by molar-refractivity contribution is -0.118. The van der Waals surface area contributed by atoms with Crippen molar-refractivity contribution in [2.24, 2.45) is 0 Å². The molecule has 3 rings (SSSR count). The Morgan fingerprint density at radius 3 is 2.68 bits per heavy atom. The molecule has 0 spiro atoms. The van der Waals surface area contributed by atoms with Crippen molar-refractivity contribution in [2.75, 3.05) is 18.0 Å². The molecule has 0 aliphatic carbocycles. The van der Waals surface area contributed by atoms with Gasteiger partial charge in [-0.3, -0.25) is 9.59 Å². The zero-order chi connectivity index (χ0) is 17.6. The maximum absolute atomic E-state index is 12.3. The fourth-order valence-corrected chi connectivity index (χ4v) is 3.23. The van der Waals surface area contributed by atoms with E-state index in [1.807, 2.05) is 48.2 Å². The van der Waals surface area contributed by atoms with Crippen molar-refractivity contribution >= 4 is 17.5 Å². The normalized spacial score (nSPS) is 12.8. The smallest absolute Gasteiger partial charge is 0.251 e. The average molecular weight is 336 g/mol. The average Bonchev–Trinajstić information content (AvgIpc) is 3.08. The van der Waals surface area contributed by atoms with Crippen LogP contribution in [0.5, 0.6) is 0 Å². The minimum atomic E-state index is -0.0453. The molecule has 0 radical (unpaired) electrons. The minimum Gasteiger partial charge on any atom is -0.352 e. The Kier molecular flexibility index (Phi) is 5.49. The molecule has 1 aliphatic rings. The summed E-state index contributed by atoms with van der Waals surface area (Å²) in [6.45, 7) is 3.24. The number of nitrogens with one attached hydrogen (secondary N) is 1. The van der Waals surface area contributed by atoms with Crippen LogP contribution in [0.4, 0.5) is 5.69 Å². The second kappa shape index (κ2) is 7.97. The van der Waals surface area contributed by atoms with Gasteiger partial charge in [-0.25, -0.2) is 0 Å². The van der Waals surface area contributed by atoms with Gasteiger partial charge in [0.05, 0.1) is 0 Å². The van der Waals surface area contributed by atoms with Crippen molar-refractivity contribution in [1.29, 1.82) is 0 Å². The number of anilines is 1. The number of nitrogens with zero attached hydrogens (tertiary/aromatic N) is 1. The Bertz CT molecular complexity index is 756. The van der Waals surface area contributed by atoms with Crippen LogP contribution in [0.15, 0.2) is 48.5 Å². The Hall–Kier alpha value is -2.62. The maximum atomic E-state index is 12.3. The molecular formula is C21H24N2O2. The Morgan fingerprint density at radius 1 is 1.12 bits per heavy atom. The molecule has 0 saturated carbocycles. The summed E-state index contributed by atoms with van der Waals surface area (Å²) in [7, 11) is 0. The van der Waals surface area contributed by atoms with Crippen LogP contribution in [0.1, 0.15) is 41.3 Å². The summed E-state index contributed by atoms with van der Waals surface area (Å²) in [6, 6.07) is 15.9. The molecular weight excluding hydrogens is 312 g/mol. The quantitative estimate of drug-likeness (QED) is 0.823. The van der Waals surface area contributed by atoms with Crippen LogP contribution >= 0.6 is 0 Å². The van der Waals surface area contributed by atoms with Crippen molar-refractivity contribution in [3.8, 4) is 0 Å². The summed E-state index contributed by atoms with van der Waals surface area (Å²) >= 11 is 0. The van der Waals surface area contributed by atoms with Crippen molar-refractivity contribution in [1.82, 2.24) is 5.32 Å². The third-order valence-electron chi connectivity index (χ3n) is 4.61. The van der Waals surface area contributed by atoms with Gasteiger partial charge in [0.2, 0.25) is 5.91 Å². The van der Waals surface area contributed by atoms with Gasteiger partial charge in [0.25, 0.3) is 5.91 Å². The topological polar surface area (TPSA) is 49.4 Å². The van der Waals surface area contributed by atoms with E-state index in [4.69, 9.17) is 0 Å². The van der Waals surface area contributed by atoms with E-state index in [2.05, 4.69) is 17.4 Å². The lowest BCUT2D eigenvalue weighted by atomic mass is 10.1. The zero-order valence-corrected chi connectivity index (χ0v) is 14.6. The maximum Gasteiger partial charge on any atom is 0.251 e. The summed E-state index contributed by atoms with van der Waals surface area (Å²) < 4.78 is 0. The largest absolute Gasteiger partial charge is 0.352 e. The number of carbonyl (C=O) groups is 2. The molecule has 2 aromatic rings. The van der Waals surface area contributed by atoms with Crippen LogP contribution in [0.3, 0.4) is 0 Å². The van der Waals surface area contributed by atoms with Crippen molar-refractivity contribution in [2.45, 2.75) is 32.6 Å². The van der Waals surface area contributed by atoms with Gasteiger partial charge in [0.1, 0.15) is 0 Å². The molecule has 0 bridgehead atoms.